The number of thioether (sulfide) groups is 1. The van der Waals surface area contributed by atoms with E-state index in [0.29, 0.717) is 6.42 Å². The van der Waals surface area contributed by atoms with Crippen molar-refractivity contribution in [2.75, 3.05) is 19.3 Å². The number of hydrogen-bond acceptors (Lipinski definition) is 3. The Morgan fingerprint density at radius 3 is 3.12 bits per heavy atom. The topological polar surface area (TPSA) is 41.1 Å². The van der Waals surface area contributed by atoms with Gasteiger partial charge in [-0.3, -0.25) is 4.79 Å². The van der Waals surface area contributed by atoms with E-state index in [4.69, 9.17) is 0 Å². The molecular formula is C12H16N2OS. The van der Waals surface area contributed by atoms with Gasteiger partial charge in [0.1, 0.15) is 0 Å². The van der Waals surface area contributed by atoms with Crippen LogP contribution in [0.25, 0.3) is 0 Å². The Hall–Kier alpha value is -1.00. The van der Waals surface area contributed by atoms with E-state index in [0.717, 1.165) is 12.3 Å². The predicted octanol–water partition coefficient (Wildman–Crippen LogP) is 1.56. The van der Waals surface area contributed by atoms with Gasteiger partial charge in [-0.25, -0.2) is 0 Å². The Morgan fingerprint density at radius 2 is 2.31 bits per heavy atom. The third-order valence-electron chi connectivity index (χ3n) is 2.64. The first kappa shape index (κ1) is 11.5. The first-order chi connectivity index (χ1) is 7.81. The Kier molecular flexibility index (Phi) is 3.85. The van der Waals surface area contributed by atoms with Crippen LogP contribution in [0.2, 0.25) is 0 Å². The van der Waals surface area contributed by atoms with Gasteiger partial charge in [0.15, 0.2) is 0 Å². The maximum atomic E-state index is 11.6. The predicted molar refractivity (Wildman–Crippen MR) is 66.6 cm³/mol. The molecule has 0 fully saturated rings. The van der Waals surface area contributed by atoms with Gasteiger partial charge in [-0.15, -0.1) is 11.8 Å². The highest BCUT2D eigenvalue weighted by Crippen LogP contribution is 2.37. The number of carbonyl (C=O) groups is 1. The largest absolute Gasteiger partial charge is 0.348 e. The third-order valence-corrected chi connectivity index (χ3v) is 3.82. The summed E-state index contributed by atoms with van der Waals surface area (Å²) in [5.74, 6) is 1.07. The van der Waals surface area contributed by atoms with E-state index in [-0.39, 0.29) is 11.9 Å². The number of carbonyl (C=O) groups excluding carboxylic acids is 1. The van der Waals surface area contributed by atoms with E-state index in [1.54, 1.807) is 0 Å². The van der Waals surface area contributed by atoms with Crippen LogP contribution in [0.5, 0.6) is 0 Å². The second-order valence-corrected chi connectivity index (χ2v) is 4.88. The molecule has 1 aliphatic heterocycles. The second kappa shape index (κ2) is 5.37. The summed E-state index contributed by atoms with van der Waals surface area (Å²) in [5, 5.41) is 6.05. The number of nitrogens with one attached hydrogen (secondary N) is 2. The molecule has 0 saturated carbocycles. The molecule has 0 aromatic heterocycles. The molecule has 1 unspecified atom stereocenters. The van der Waals surface area contributed by atoms with Crippen LogP contribution >= 0.6 is 11.8 Å². The summed E-state index contributed by atoms with van der Waals surface area (Å²) >= 11 is 1.81. The van der Waals surface area contributed by atoms with Gasteiger partial charge < -0.3 is 10.6 Å². The van der Waals surface area contributed by atoms with Gasteiger partial charge in [0.2, 0.25) is 5.91 Å². The maximum absolute atomic E-state index is 11.6. The van der Waals surface area contributed by atoms with Gasteiger partial charge in [-0.05, 0) is 18.7 Å². The lowest BCUT2D eigenvalue weighted by molar-refractivity contribution is -0.121. The molecule has 2 rings (SSSR count). The molecule has 2 N–H and O–H groups in total. The maximum Gasteiger partial charge on any atom is 0.221 e. The molecule has 0 bridgehead atoms. The molecule has 1 aromatic carbocycles. The lowest BCUT2D eigenvalue weighted by Gasteiger charge is -2.13. The van der Waals surface area contributed by atoms with E-state index in [1.807, 2.05) is 30.9 Å². The minimum atomic E-state index is 0.122. The normalized spacial score (nSPS) is 18.2. The number of benzene rings is 1. The average molecular weight is 236 g/mol. The quantitative estimate of drug-likeness (QED) is 0.833. The van der Waals surface area contributed by atoms with Gasteiger partial charge in [0.05, 0.1) is 6.04 Å². The van der Waals surface area contributed by atoms with Crippen molar-refractivity contribution in [3.8, 4) is 0 Å². The fraction of sp³-hybridized carbons (Fsp3) is 0.417. The van der Waals surface area contributed by atoms with Crippen LogP contribution in [0.3, 0.4) is 0 Å². The average Bonchev–Trinajstić information content (AvgIpc) is 2.70. The molecule has 0 saturated heterocycles. The number of amides is 1. The molecule has 0 spiro atoms. The van der Waals surface area contributed by atoms with Gasteiger partial charge in [-0.1, -0.05) is 18.2 Å². The number of hydrogen-bond donors (Lipinski definition) is 2. The molecule has 1 atom stereocenters. The minimum Gasteiger partial charge on any atom is -0.348 e. The minimum absolute atomic E-state index is 0.122. The zero-order valence-corrected chi connectivity index (χ0v) is 10.1. The van der Waals surface area contributed by atoms with E-state index in [9.17, 15) is 4.79 Å². The van der Waals surface area contributed by atoms with Crippen molar-refractivity contribution in [2.24, 2.45) is 0 Å². The molecule has 1 heterocycles. The monoisotopic (exact) mass is 236 g/mol. The first-order valence-corrected chi connectivity index (χ1v) is 6.45. The Bertz CT molecular complexity index is 381. The van der Waals surface area contributed by atoms with Gasteiger partial charge in [0, 0.05) is 23.6 Å². The summed E-state index contributed by atoms with van der Waals surface area (Å²) in [4.78, 5) is 12.9. The Balaban J connectivity index is 1.95. The lowest BCUT2D eigenvalue weighted by atomic mass is 10.1. The SMILES string of the molecule is CNCCC(=O)NC1CSc2ccccc21. The van der Waals surface area contributed by atoms with Crippen LogP contribution < -0.4 is 10.6 Å². The van der Waals surface area contributed by atoms with Crippen molar-refractivity contribution in [2.45, 2.75) is 17.4 Å². The van der Waals surface area contributed by atoms with E-state index in [1.165, 1.54) is 10.5 Å². The fourth-order valence-corrected chi connectivity index (χ4v) is 2.95. The first-order valence-electron chi connectivity index (χ1n) is 5.47. The van der Waals surface area contributed by atoms with Crippen molar-refractivity contribution in [3.05, 3.63) is 29.8 Å². The van der Waals surface area contributed by atoms with E-state index < -0.39 is 0 Å². The summed E-state index contributed by atoms with van der Waals surface area (Å²) in [7, 11) is 1.86. The van der Waals surface area contributed by atoms with Crippen LogP contribution in [-0.2, 0) is 4.79 Å². The number of fused-ring (bicyclic) bond motifs is 1. The van der Waals surface area contributed by atoms with Crippen molar-refractivity contribution in [3.63, 3.8) is 0 Å². The van der Waals surface area contributed by atoms with Crippen LogP contribution in [0.15, 0.2) is 29.2 Å². The molecule has 1 amide bonds. The molecule has 0 aliphatic carbocycles. The smallest absolute Gasteiger partial charge is 0.221 e. The molecule has 86 valence electrons. The highest BCUT2D eigenvalue weighted by Gasteiger charge is 2.23. The van der Waals surface area contributed by atoms with Crippen LogP contribution in [0.4, 0.5) is 0 Å². The summed E-state index contributed by atoms with van der Waals surface area (Å²) < 4.78 is 0. The summed E-state index contributed by atoms with van der Waals surface area (Å²) in [6.45, 7) is 0.730. The van der Waals surface area contributed by atoms with Crippen LogP contribution in [0.1, 0.15) is 18.0 Å². The van der Waals surface area contributed by atoms with Crippen molar-refractivity contribution in [1.29, 1.82) is 0 Å². The van der Waals surface area contributed by atoms with Crippen molar-refractivity contribution in [1.82, 2.24) is 10.6 Å². The molecule has 1 aromatic rings. The van der Waals surface area contributed by atoms with E-state index in [2.05, 4.69) is 22.8 Å². The van der Waals surface area contributed by atoms with Gasteiger partial charge >= 0.3 is 0 Å². The third kappa shape index (κ3) is 2.57. The van der Waals surface area contributed by atoms with Crippen LogP contribution in [-0.4, -0.2) is 25.3 Å². The highest BCUT2D eigenvalue weighted by molar-refractivity contribution is 7.99. The molecule has 4 heteroatoms. The molecule has 0 radical (unpaired) electrons. The fourth-order valence-electron chi connectivity index (χ4n) is 1.79. The van der Waals surface area contributed by atoms with E-state index >= 15 is 0 Å². The second-order valence-electron chi connectivity index (χ2n) is 3.82. The van der Waals surface area contributed by atoms with Crippen molar-refractivity contribution < 1.29 is 4.79 Å². The van der Waals surface area contributed by atoms with Crippen molar-refractivity contribution >= 4 is 17.7 Å². The zero-order chi connectivity index (χ0) is 11.4. The summed E-state index contributed by atoms with van der Waals surface area (Å²) in [6.07, 6.45) is 0.542. The Morgan fingerprint density at radius 1 is 1.50 bits per heavy atom. The molecule has 16 heavy (non-hydrogen) atoms. The summed E-state index contributed by atoms with van der Waals surface area (Å²) in [5.41, 5.74) is 1.25. The van der Waals surface area contributed by atoms with Gasteiger partial charge in [-0.2, -0.15) is 0 Å². The molecule has 1 aliphatic rings. The zero-order valence-electron chi connectivity index (χ0n) is 9.32. The lowest BCUT2D eigenvalue weighted by Crippen LogP contribution is -2.30. The Labute approximate surface area is 100.0 Å². The highest BCUT2D eigenvalue weighted by atomic mass is 32.2. The van der Waals surface area contributed by atoms with Crippen LogP contribution in [0, 0.1) is 0 Å². The molecule has 3 nitrogen and oxygen atoms in total. The summed E-state index contributed by atoms with van der Waals surface area (Å²) in [6, 6.07) is 8.46. The standard InChI is InChI=1S/C12H16N2OS/c1-13-7-6-12(15)14-10-8-16-11-5-3-2-4-9(10)11/h2-5,10,13H,6-8H2,1H3,(H,14,15). The number of rotatable bonds is 4. The van der Waals surface area contributed by atoms with Gasteiger partial charge in [0.25, 0.3) is 0 Å². The molecular weight excluding hydrogens is 220 g/mol.